The average Bonchev–Trinajstić information content (AvgIpc) is 2.34. The molecule has 8 heteroatoms. The van der Waals surface area contributed by atoms with Gasteiger partial charge in [0.15, 0.2) is 0 Å². The largest absolute Gasteiger partial charge is 0.433 e. The number of alkyl halides is 3. The molecule has 0 unspecified atom stereocenters. The van der Waals surface area contributed by atoms with E-state index in [0.29, 0.717) is 14.6 Å². The SMILES string of the molecule is Nc1cnc(C(F)(F)F)cc1Nc1c(Br)cccc1Br. The third-order valence-electron chi connectivity index (χ3n) is 2.45. The summed E-state index contributed by atoms with van der Waals surface area (Å²) in [5.41, 5.74) is 5.50. The van der Waals surface area contributed by atoms with Gasteiger partial charge in [-0.3, -0.25) is 0 Å². The van der Waals surface area contributed by atoms with E-state index in [9.17, 15) is 13.2 Å². The van der Waals surface area contributed by atoms with E-state index in [0.717, 1.165) is 12.3 Å². The van der Waals surface area contributed by atoms with E-state index < -0.39 is 11.9 Å². The average molecular weight is 411 g/mol. The minimum absolute atomic E-state index is 0.126. The van der Waals surface area contributed by atoms with Crippen LogP contribution in [0, 0.1) is 0 Å². The smallest absolute Gasteiger partial charge is 0.396 e. The normalized spacial score (nSPS) is 11.4. The lowest BCUT2D eigenvalue weighted by molar-refractivity contribution is -0.141. The van der Waals surface area contributed by atoms with Crippen molar-refractivity contribution in [2.24, 2.45) is 0 Å². The van der Waals surface area contributed by atoms with Crippen molar-refractivity contribution in [3.63, 3.8) is 0 Å². The van der Waals surface area contributed by atoms with E-state index in [2.05, 4.69) is 42.2 Å². The lowest BCUT2D eigenvalue weighted by Gasteiger charge is -2.14. The number of aromatic nitrogens is 1. The van der Waals surface area contributed by atoms with E-state index in [-0.39, 0.29) is 11.4 Å². The number of para-hydroxylation sites is 1. The van der Waals surface area contributed by atoms with Crippen molar-refractivity contribution in [2.45, 2.75) is 6.18 Å². The summed E-state index contributed by atoms with van der Waals surface area (Å²) in [5, 5.41) is 2.86. The van der Waals surface area contributed by atoms with Crippen molar-refractivity contribution in [3.8, 4) is 0 Å². The minimum atomic E-state index is -4.52. The summed E-state index contributed by atoms with van der Waals surface area (Å²) in [4.78, 5) is 3.28. The molecular formula is C12H8Br2F3N3. The van der Waals surface area contributed by atoms with E-state index in [1.165, 1.54) is 0 Å². The lowest BCUT2D eigenvalue weighted by Crippen LogP contribution is -2.09. The number of halogens is 5. The van der Waals surface area contributed by atoms with Crippen LogP contribution in [-0.2, 0) is 6.18 Å². The van der Waals surface area contributed by atoms with Crippen molar-refractivity contribution < 1.29 is 13.2 Å². The Bertz CT molecular complexity index is 624. The zero-order valence-corrected chi connectivity index (χ0v) is 13.0. The molecule has 0 radical (unpaired) electrons. The number of benzene rings is 1. The Labute approximate surface area is 129 Å². The Kier molecular flexibility index (Phi) is 4.24. The molecule has 0 saturated heterocycles. The zero-order valence-electron chi connectivity index (χ0n) is 9.80. The number of rotatable bonds is 2. The Hall–Kier alpha value is -1.28. The second-order valence-corrected chi connectivity index (χ2v) is 5.58. The molecule has 0 aliphatic carbocycles. The summed E-state index contributed by atoms with van der Waals surface area (Å²) in [5.74, 6) is 0. The highest BCUT2D eigenvalue weighted by Gasteiger charge is 2.33. The molecule has 0 atom stereocenters. The highest BCUT2D eigenvalue weighted by atomic mass is 79.9. The number of hydrogen-bond acceptors (Lipinski definition) is 3. The predicted octanol–water partition coefficient (Wildman–Crippen LogP) is 4.95. The first-order valence-electron chi connectivity index (χ1n) is 5.33. The number of anilines is 3. The first-order chi connectivity index (χ1) is 9.29. The maximum atomic E-state index is 12.6. The third-order valence-corrected chi connectivity index (χ3v) is 3.77. The summed E-state index contributed by atoms with van der Waals surface area (Å²) in [6, 6.07) is 6.18. The van der Waals surface area contributed by atoms with Crippen molar-refractivity contribution in [3.05, 3.63) is 45.1 Å². The van der Waals surface area contributed by atoms with Gasteiger partial charge in [-0.25, -0.2) is 4.98 Å². The number of nitrogens with zero attached hydrogens (tertiary/aromatic N) is 1. The molecule has 1 aromatic heterocycles. The Balaban J connectivity index is 2.43. The molecule has 106 valence electrons. The maximum absolute atomic E-state index is 12.6. The second kappa shape index (κ2) is 5.61. The molecule has 20 heavy (non-hydrogen) atoms. The van der Waals surface area contributed by atoms with Crippen LogP contribution in [0.3, 0.4) is 0 Å². The van der Waals surface area contributed by atoms with Crippen LogP contribution in [0.1, 0.15) is 5.69 Å². The lowest BCUT2D eigenvalue weighted by atomic mass is 10.2. The molecule has 2 aromatic rings. The molecule has 3 N–H and O–H groups in total. The number of nitrogens with one attached hydrogen (secondary N) is 1. The second-order valence-electron chi connectivity index (χ2n) is 3.88. The maximum Gasteiger partial charge on any atom is 0.433 e. The van der Waals surface area contributed by atoms with E-state index in [4.69, 9.17) is 5.73 Å². The Morgan fingerprint density at radius 2 is 1.75 bits per heavy atom. The van der Waals surface area contributed by atoms with Gasteiger partial charge in [0.2, 0.25) is 0 Å². The highest BCUT2D eigenvalue weighted by molar-refractivity contribution is 9.11. The van der Waals surface area contributed by atoms with Crippen LogP contribution in [0.2, 0.25) is 0 Å². The molecule has 3 nitrogen and oxygen atoms in total. The molecule has 1 heterocycles. The van der Waals surface area contributed by atoms with Gasteiger partial charge in [0, 0.05) is 8.95 Å². The fourth-order valence-electron chi connectivity index (χ4n) is 1.48. The monoisotopic (exact) mass is 409 g/mol. The zero-order chi connectivity index (χ0) is 14.9. The van der Waals surface area contributed by atoms with Crippen LogP contribution in [0.4, 0.5) is 30.2 Å². The van der Waals surface area contributed by atoms with E-state index in [1.807, 2.05) is 0 Å². The van der Waals surface area contributed by atoms with Gasteiger partial charge in [-0.05, 0) is 50.1 Å². The number of hydrogen-bond donors (Lipinski definition) is 2. The number of nitrogens with two attached hydrogens (primary N) is 1. The fraction of sp³-hybridized carbons (Fsp3) is 0.0833. The molecule has 0 spiro atoms. The topological polar surface area (TPSA) is 50.9 Å². The van der Waals surface area contributed by atoms with Gasteiger partial charge >= 0.3 is 6.18 Å². The van der Waals surface area contributed by atoms with Crippen molar-refractivity contribution in [1.82, 2.24) is 4.98 Å². The summed E-state index contributed by atoms with van der Waals surface area (Å²) in [6.07, 6.45) is -3.54. The third kappa shape index (κ3) is 3.24. The molecule has 0 aliphatic rings. The van der Waals surface area contributed by atoms with Gasteiger partial charge in [-0.2, -0.15) is 13.2 Å². The van der Waals surface area contributed by atoms with Crippen LogP contribution >= 0.6 is 31.9 Å². The van der Waals surface area contributed by atoms with Gasteiger partial charge in [-0.1, -0.05) is 6.07 Å². The van der Waals surface area contributed by atoms with Crippen LogP contribution in [0.25, 0.3) is 0 Å². The summed E-state index contributed by atoms with van der Waals surface area (Å²) >= 11 is 6.63. The molecule has 2 rings (SSSR count). The van der Waals surface area contributed by atoms with Gasteiger partial charge in [0.05, 0.1) is 23.3 Å². The summed E-state index contributed by atoms with van der Waals surface area (Å²) in [6.45, 7) is 0. The summed E-state index contributed by atoms with van der Waals surface area (Å²) < 4.78 is 39.3. The molecule has 0 aliphatic heterocycles. The van der Waals surface area contributed by atoms with Crippen molar-refractivity contribution in [2.75, 3.05) is 11.1 Å². The first kappa shape index (κ1) is 15.1. The van der Waals surface area contributed by atoms with Crippen molar-refractivity contribution in [1.29, 1.82) is 0 Å². The van der Waals surface area contributed by atoms with Gasteiger partial charge in [0.25, 0.3) is 0 Å². The minimum Gasteiger partial charge on any atom is -0.396 e. The molecular weight excluding hydrogens is 403 g/mol. The predicted molar refractivity (Wildman–Crippen MR) is 78.8 cm³/mol. The van der Waals surface area contributed by atoms with Gasteiger partial charge in [-0.15, -0.1) is 0 Å². The molecule has 0 fully saturated rings. The Morgan fingerprint density at radius 3 is 2.30 bits per heavy atom. The first-order valence-corrected chi connectivity index (χ1v) is 6.91. The van der Waals surface area contributed by atoms with Crippen LogP contribution in [-0.4, -0.2) is 4.98 Å². The quantitative estimate of drug-likeness (QED) is 0.736. The standard InChI is InChI=1S/C12H8Br2F3N3/c13-6-2-1-3-7(14)11(6)20-9-4-10(12(15,16)17)19-5-8(9)18/h1-5H,18H2,(H,19,20). The molecule has 0 saturated carbocycles. The van der Waals surface area contributed by atoms with Crippen molar-refractivity contribution >= 4 is 48.9 Å². The number of pyridine rings is 1. The van der Waals surface area contributed by atoms with Crippen LogP contribution in [0.15, 0.2) is 39.4 Å². The summed E-state index contributed by atoms with van der Waals surface area (Å²) in [7, 11) is 0. The molecule has 0 bridgehead atoms. The van der Waals surface area contributed by atoms with Crippen LogP contribution in [0.5, 0.6) is 0 Å². The molecule has 0 amide bonds. The van der Waals surface area contributed by atoms with Gasteiger partial charge in [0.1, 0.15) is 5.69 Å². The van der Waals surface area contributed by atoms with Crippen LogP contribution < -0.4 is 11.1 Å². The number of nitrogen functional groups attached to an aromatic ring is 1. The van der Waals surface area contributed by atoms with E-state index >= 15 is 0 Å². The molecule has 1 aromatic carbocycles. The van der Waals surface area contributed by atoms with E-state index in [1.54, 1.807) is 18.2 Å². The Morgan fingerprint density at radius 1 is 1.15 bits per heavy atom. The fourth-order valence-corrected chi connectivity index (χ4v) is 2.68. The highest BCUT2D eigenvalue weighted by Crippen LogP contribution is 2.36. The van der Waals surface area contributed by atoms with Gasteiger partial charge < -0.3 is 11.1 Å².